The Bertz CT molecular complexity index is 141. The van der Waals surface area contributed by atoms with Gasteiger partial charge in [0, 0.05) is 6.04 Å². The molecule has 0 aromatic rings. The van der Waals surface area contributed by atoms with Crippen molar-refractivity contribution in [3.8, 4) is 0 Å². The molecule has 1 spiro atoms. The summed E-state index contributed by atoms with van der Waals surface area (Å²) in [6.45, 7) is 5.97. The normalized spacial score (nSPS) is 50.7. The van der Waals surface area contributed by atoms with E-state index < -0.39 is 0 Å². The van der Waals surface area contributed by atoms with Crippen molar-refractivity contribution in [2.75, 3.05) is 6.54 Å². The van der Waals surface area contributed by atoms with E-state index in [4.69, 9.17) is 0 Å². The number of piperidine rings is 1. The maximum absolute atomic E-state index is 3.52. The van der Waals surface area contributed by atoms with Crippen molar-refractivity contribution < 1.29 is 0 Å². The van der Waals surface area contributed by atoms with Crippen LogP contribution in [0.5, 0.6) is 0 Å². The lowest BCUT2D eigenvalue weighted by Gasteiger charge is -2.51. The Hall–Kier alpha value is -0.0400. The van der Waals surface area contributed by atoms with E-state index in [0.717, 1.165) is 17.4 Å². The first-order valence-corrected chi connectivity index (χ1v) is 4.94. The van der Waals surface area contributed by atoms with Crippen LogP contribution in [0.2, 0.25) is 0 Å². The molecule has 11 heavy (non-hydrogen) atoms. The van der Waals surface area contributed by atoms with E-state index in [0.29, 0.717) is 0 Å². The van der Waals surface area contributed by atoms with Crippen molar-refractivity contribution in [2.24, 2.45) is 11.3 Å². The molecular formula is C10H19N. The molecule has 0 amide bonds. The van der Waals surface area contributed by atoms with Crippen LogP contribution in [0.4, 0.5) is 0 Å². The number of hydrogen-bond acceptors (Lipinski definition) is 1. The summed E-state index contributed by atoms with van der Waals surface area (Å²) in [5.74, 6) is 1.01. The van der Waals surface area contributed by atoms with Crippen LogP contribution in [-0.2, 0) is 0 Å². The molecule has 1 heteroatoms. The van der Waals surface area contributed by atoms with Crippen LogP contribution in [0.25, 0.3) is 0 Å². The third-order valence-corrected chi connectivity index (χ3v) is 3.45. The lowest BCUT2D eigenvalue weighted by molar-refractivity contribution is 0.0174. The quantitative estimate of drug-likeness (QED) is 0.562. The first-order chi connectivity index (χ1) is 5.20. The molecule has 1 saturated heterocycles. The van der Waals surface area contributed by atoms with Gasteiger partial charge in [0.1, 0.15) is 0 Å². The second-order valence-corrected chi connectivity index (χ2v) is 4.82. The lowest BCUT2D eigenvalue weighted by atomic mass is 9.57. The van der Waals surface area contributed by atoms with E-state index in [1.54, 1.807) is 0 Å². The summed E-state index contributed by atoms with van der Waals surface area (Å²) in [6, 6.07) is 0.774. The first kappa shape index (κ1) is 7.60. The molecule has 0 aromatic carbocycles. The SMILES string of the molecule is CC1CC2(CCNC(C)C2)C1. The molecule has 1 N–H and O–H groups in total. The van der Waals surface area contributed by atoms with E-state index >= 15 is 0 Å². The Labute approximate surface area is 69.6 Å². The van der Waals surface area contributed by atoms with Crippen molar-refractivity contribution in [2.45, 2.75) is 45.6 Å². The molecule has 2 aliphatic rings. The smallest absolute Gasteiger partial charge is 0.00440 e. The summed E-state index contributed by atoms with van der Waals surface area (Å²) in [5.41, 5.74) is 0.782. The van der Waals surface area contributed by atoms with Crippen molar-refractivity contribution in [1.82, 2.24) is 5.32 Å². The minimum atomic E-state index is 0.774. The van der Waals surface area contributed by atoms with Gasteiger partial charge in [-0.25, -0.2) is 0 Å². The predicted octanol–water partition coefficient (Wildman–Crippen LogP) is 2.17. The number of rotatable bonds is 0. The topological polar surface area (TPSA) is 12.0 Å². The third kappa shape index (κ3) is 1.31. The summed E-state index contributed by atoms with van der Waals surface area (Å²) < 4.78 is 0. The van der Waals surface area contributed by atoms with Gasteiger partial charge in [-0.1, -0.05) is 6.92 Å². The van der Waals surface area contributed by atoms with Crippen LogP contribution in [0.15, 0.2) is 0 Å². The van der Waals surface area contributed by atoms with Gasteiger partial charge in [-0.15, -0.1) is 0 Å². The third-order valence-electron chi connectivity index (χ3n) is 3.45. The van der Waals surface area contributed by atoms with Crippen molar-refractivity contribution in [1.29, 1.82) is 0 Å². The lowest BCUT2D eigenvalue weighted by Crippen LogP contribution is -2.48. The van der Waals surface area contributed by atoms with E-state index in [1.165, 1.54) is 32.2 Å². The molecule has 1 aliphatic heterocycles. The maximum Gasteiger partial charge on any atom is 0.00440 e. The zero-order chi connectivity index (χ0) is 7.90. The predicted molar refractivity (Wildman–Crippen MR) is 47.5 cm³/mol. The summed E-state index contributed by atoms with van der Waals surface area (Å²) in [7, 11) is 0. The highest BCUT2D eigenvalue weighted by atomic mass is 14.9. The highest BCUT2D eigenvalue weighted by molar-refractivity contribution is 4.96. The van der Waals surface area contributed by atoms with E-state index in [-0.39, 0.29) is 0 Å². The monoisotopic (exact) mass is 153 g/mol. The summed E-state index contributed by atoms with van der Waals surface area (Å²) in [5, 5.41) is 3.52. The average Bonchev–Trinajstić information content (AvgIpc) is 1.84. The Morgan fingerprint density at radius 3 is 2.45 bits per heavy atom. The van der Waals surface area contributed by atoms with E-state index in [2.05, 4.69) is 19.2 Å². The molecule has 64 valence electrons. The molecule has 0 bridgehead atoms. The first-order valence-electron chi connectivity index (χ1n) is 4.94. The summed E-state index contributed by atoms with van der Waals surface area (Å²) >= 11 is 0. The van der Waals surface area contributed by atoms with Crippen LogP contribution < -0.4 is 5.32 Å². The second kappa shape index (κ2) is 2.48. The van der Waals surface area contributed by atoms with Crippen molar-refractivity contribution in [3.63, 3.8) is 0 Å². The highest BCUT2D eigenvalue weighted by Crippen LogP contribution is 2.52. The zero-order valence-corrected chi connectivity index (χ0v) is 7.69. The van der Waals surface area contributed by atoms with Crippen LogP contribution in [0.3, 0.4) is 0 Å². The molecule has 2 fully saturated rings. The van der Waals surface area contributed by atoms with Gasteiger partial charge in [0.25, 0.3) is 0 Å². The average molecular weight is 153 g/mol. The van der Waals surface area contributed by atoms with Gasteiger partial charge in [0.05, 0.1) is 0 Å². The van der Waals surface area contributed by atoms with Gasteiger partial charge >= 0.3 is 0 Å². The second-order valence-electron chi connectivity index (χ2n) is 4.82. The number of nitrogens with one attached hydrogen (secondary N) is 1. The van der Waals surface area contributed by atoms with Gasteiger partial charge in [0.2, 0.25) is 0 Å². The van der Waals surface area contributed by atoms with Gasteiger partial charge < -0.3 is 5.32 Å². The van der Waals surface area contributed by atoms with Gasteiger partial charge in [-0.05, 0) is 50.5 Å². The van der Waals surface area contributed by atoms with E-state index in [1.807, 2.05) is 0 Å². The van der Waals surface area contributed by atoms with E-state index in [9.17, 15) is 0 Å². The Kier molecular flexibility index (Phi) is 1.71. The molecular weight excluding hydrogens is 134 g/mol. The molecule has 2 rings (SSSR count). The molecule has 1 heterocycles. The van der Waals surface area contributed by atoms with Crippen molar-refractivity contribution in [3.05, 3.63) is 0 Å². The maximum atomic E-state index is 3.52. The minimum absolute atomic E-state index is 0.774. The summed E-state index contributed by atoms with van der Waals surface area (Å²) in [6.07, 6.45) is 5.86. The fourth-order valence-electron chi connectivity index (χ4n) is 3.20. The van der Waals surface area contributed by atoms with Crippen LogP contribution in [0, 0.1) is 11.3 Å². The van der Waals surface area contributed by atoms with Crippen molar-refractivity contribution >= 4 is 0 Å². The molecule has 1 aliphatic carbocycles. The standard InChI is InChI=1S/C10H19N/c1-8-5-10(6-8)3-4-11-9(2)7-10/h8-9,11H,3-7H2,1-2H3. The fourth-order valence-corrected chi connectivity index (χ4v) is 3.20. The highest BCUT2D eigenvalue weighted by Gasteiger charge is 2.43. The largest absolute Gasteiger partial charge is 0.314 e. The molecule has 0 radical (unpaired) electrons. The van der Waals surface area contributed by atoms with Crippen LogP contribution in [-0.4, -0.2) is 12.6 Å². The van der Waals surface area contributed by atoms with Crippen LogP contribution in [0.1, 0.15) is 39.5 Å². The van der Waals surface area contributed by atoms with Gasteiger partial charge in [0.15, 0.2) is 0 Å². The Balaban J connectivity index is 1.93. The zero-order valence-electron chi connectivity index (χ0n) is 7.69. The fraction of sp³-hybridized carbons (Fsp3) is 1.00. The Morgan fingerprint density at radius 2 is 1.91 bits per heavy atom. The number of hydrogen-bond donors (Lipinski definition) is 1. The van der Waals surface area contributed by atoms with Gasteiger partial charge in [-0.2, -0.15) is 0 Å². The minimum Gasteiger partial charge on any atom is -0.314 e. The molecule has 1 atom stereocenters. The van der Waals surface area contributed by atoms with Gasteiger partial charge in [-0.3, -0.25) is 0 Å². The molecule has 1 unspecified atom stereocenters. The Morgan fingerprint density at radius 1 is 1.18 bits per heavy atom. The molecule has 1 saturated carbocycles. The molecule has 0 aromatic heterocycles. The summed E-state index contributed by atoms with van der Waals surface area (Å²) in [4.78, 5) is 0. The molecule has 1 nitrogen and oxygen atoms in total. The van der Waals surface area contributed by atoms with Crippen LogP contribution >= 0.6 is 0 Å².